The van der Waals surface area contributed by atoms with Crippen molar-refractivity contribution in [1.29, 1.82) is 0 Å². The highest BCUT2D eigenvalue weighted by Crippen LogP contribution is 2.29. The number of carbonyl (C=O) groups excluding carboxylic acids is 2. The molecule has 0 atom stereocenters. The largest absolute Gasteiger partial charge is 0.465 e. The Hall–Kier alpha value is -1.95. The minimum atomic E-state index is -0.565. The van der Waals surface area contributed by atoms with Crippen molar-refractivity contribution >= 4 is 34.9 Å². The summed E-state index contributed by atoms with van der Waals surface area (Å²) in [5.74, 6) is -0.708. The molecular weight excluding hydrogens is 282 g/mol. The summed E-state index contributed by atoms with van der Waals surface area (Å²) in [5.41, 5.74) is 6.55. The molecule has 0 aromatic heterocycles. The molecule has 0 bridgehead atoms. The number of halogens is 1. The molecule has 0 spiro atoms. The van der Waals surface area contributed by atoms with Gasteiger partial charge < -0.3 is 21.1 Å². The summed E-state index contributed by atoms with van der Waals surface area (Å²) < 4.78 is 4.67. The molecule has 0 aliphatic heterocycles. The van der Waals surface area contributed by atoms with E-state index in [2.05, 4.69) is 15.4 Å². The first kappa shape index (κ1) is 14.5. The fourth-order valence-corrected chi connectivity index (χ4v) is 2.05. The summed E-state index contributed by atoms with van der Waals surface area (Å²) in [5, 5.41) is 5.96. The maximum absolute atomic E-state index is 11.7. The third-order valence-electron chi connectivity index (χ3n) is 2.89. The highest BCUT2D eigenvalue weighted by atomic mass is 35.5. The van der Waals surface area contributed by atoms with Crippen LogP contribution in [0.25, 0.3) is 0 Å². The molecule has 0 radical (unpaired) electrons. The molecule has 1 aliphatic rings. The molecule has 2 rings (SSSR count). The Balaban J connectivity index is 2.12. The molecule has 0 unspecified atom stereocenters. The van der Waals surface area contributed by atoms with Crippen LogP contribution >= 0.6 is 11.6 Å². The van der Waals surface area contributed by atoms with Crippen LogP contribution in [0.15, 0.2) is 12.1 Å². The summed E-state index contributed by atoms with van der Waals surface area (Å²) in [6, 6.07) is 3.25. The summed E-state index contributed by atoms with van der Waals surface area (Å²) in [4.78, 5) is 23.3. The Bertz CT molecular complexity index is 544. The zero-order valence-corrected chi connectivity index (χ0v) is 11.8. The highest BCUT2D eigenvalue weighted by Gasteiger charge is 2.23. The third-order valence-corrected chi connectivity index (χ3v) is 3.18. The maximum Gasteiger partial charge on any atom is 0.340 e. The molecule has 1 aromatic rings. The molecule has 1 aliphatic carbocycles. The van der Waals surface area contributed by atoms with E-state index in [4.69, 9.17) is 17.3 Å². The number of nitrogen functional groups attached to an aromatic ring is 1. The smallest absolute Gasteiger partial charge is 0.340 e. The number of rotatable bonds is 5. The van der Waals surface area contributed by atoms with Gasteiger partial charge in [0, 0.05) is 11.7 Å². The van der Waals surface area contributed by atoms with E-state index in [1.165, 1.54) is 19.2 Å². The summed E-state index contributed by atoms with van der Waals surface area (Å²) >= 11 is 6.06. The maximum atomic E-state index is 11.7. The van der Waals surface area contributed by atoms with Crippen LogP contribution in [0.1, 0.15) is 23.2 Å². The molecule has 108 valence electrons. The number of hydrogen-bond acceptors (Lipinski definition) is 5. The van der Waals surface area contributed by atoms with Crippen molar-refractivity contribution in [2.75, 3.05) is 24.7 Å². The summed E-state index contributed by atoms with van der Waals surface area (Å²) in [7, 11) is 1.27. The van der Waals surface area contributed by atoms with Crippen molar-refractivity contribution in [3.8, 4) is 0 Å². The van der Waals surface area contributed by atoms with Crippen LogP contribution < -0.4 is 16.4 Å². The predicted octanol–water partition coefficient (Wildman–Crippen LogP) is 1.40. The van der Waals surface area contributed by atoms with Crippen LogP contribution in [0.3, 0.4) is 0 Å². The average molecular weight is 298 g/mol. The second-order valence-electron chi connectivity index (χ2n) is 4.61. The number of anilines is 2. The molecular formula is C13H16ClN3O3. The summed E-state index contributed by atoms with van der Waals surface area (Å²) in [6.45, 7) is 0.0319. The van der Waals surface area contributed by atoms with Gasteiger partial charge in [-0.05, 0) is 25.0 Å². The van der Waals surface area contributed by atoms with Crippen LogP contribution in [-0.2, 0) is 9.53 Å². The van der Waals surface area contributed by atoms with Crippen LogP contribution in [0.2, 0.25) is 5.02 Å². The molecule has 0 saturated heterocycles. The lowest BCUT2D eigenvalue weighted by molar-refractivity contribution is -0.119. The number of esters is 1. The fourth-order valence-electron chi connectivity index (χ4n) is 1.75. The number of ether oxygens (including phenoxy) is 1. The van der Waals surface area contributed by atoms with E-state index in [0.29, 0.717) is 11.4 Å². The van der Waals surface area contributed by atoms with E-state index in [-0.39, 0.29) is 29.1 Å². The molecule has 7 heteroatoms. The lowest BCUT2D eigenvalue weighted by Crippen LogP contribution is -2.31. The van der Waals surface area contributed by atoms with Crippen molar-refractivity contribution in [2.45, 2.75) is 18.9 Å². The fraction of sp³-hybridized carbons (Fsp3) is 0.385. The SMILES string of the molecule is COC(=O)c1cc(N)cc(Cl)c1NCC(=O)NC1CC1. The Morgan fingerprint density at radius 3 is 2.75 bits per heavy atom. The standard InChI is InChI=1S/C13H16ClN3O3/c1-20-13(19)9-4-7(15)5-10(14)12(9)16-6-11(18)17-8-2-3-8/h4-5,8,16H,2-3,6,15H2,1H3,(H,17,18). The van der Waals surface area contributed by atoms with Crippen molar-refractivity contribution < 1.29 is 14.3 Å². The van der Waals surface area contributed by atoms with Gasteiger partial charge in [0.1, 0.15) is 0 Å². The Morgan fingerprint density at radius 2 is 2.15 bits per heavy atom. The average Bonchev–Trinajstić information content (AvgIpc) is 3.19. The molecule has 1 fully saturated rings. The van der Waals surface area contributed by atoms with E-state index < -0.39 is 5.97 Å². The molecule has 1 saturated carbocycles. The van der Waals surface area contributed by atoms with Gasteiger partial charge in [-0.1, -0.05) is 11.6 Å². The number of nitrogens with two attached hydrogens (primary N) is 1. The van der Waals surface area contributed by atoms with E-state index in [9.17, 15) is 9.59 Å². The first-order valence-electron chi connectivity index (χ1n) is 6.22. The molecule has 4 N–H and O–H groups in total. The predicted molar refractivity (Wildman–Crippen MR) is 76.9 cm³/mol. The van der Waals surface area contributed by atoms with Crippen LogP contribution in [-0.4, -0.2) is 31.6 Å². The lowest BCUT2D eigenvalue weighted by atomic mass is 10.1. The molecule has 0 heterocycles. The van der Waals surface area contributed by atoms with E-state index in [1.54, 1.807) is 0 Å². The van der Waals surface area contributed by atoms with Gasteiger partial charge in [0.05, 0.1) is 29.9 Å². The van der Waals surface area contributed by atoms with Gasteiger partial charge in [-0.25, -0.2) is 4.79 Å². The van der Waals surface area contributed by atoms with E-state index in [1.807, 2.05) is 0 Å². The number of methoxy groups -OCH3 is 1. The number of carbonyl (C=O) groups is 2. The topological polar surface area (TPSA) is 93.4 Å². The van der Waals surface area contributed by atoms with Crippen LogP contribution in [0.5, 0.6) is 0 Å². The van der Waals surface area contributed by atoms with Crippen LogP contribution in [0, 0.1) is 0 Å². The van der Waals surface area contributed by atoms with Gasteiger partial charge in [0.2, 0.25) is 5.91 Å². The van der Waals surface area contributed by atoms with Gasteiger partial charge in [-0.3, -0.25) is 4.79 Å². The molecule has 6 nitrogen and oxygen atoms in total. The number of nitrogens with one attached hydrogen (secondary N) is 2. The Labute approximate surface area is 121 Å². The van der Waals surface area contributed by atoms with Crippen molar-refractivity contribution in [3.05, 3.63) is 22.7 Å². The zero-order chi connectivity index (χ0) is 14.7. The summed E-state index contributed by atoms with van der Waals surface area (Å²) in [6.07, 6.45) is 2.03. The minimum Gasteiger partial charge on any atom is -0.465 e. The van der Waals surface area contributed by atoms with Crippen molar-refractivity contribution in [3.63, 3.8) is 0 Å². The lowest BCUT2D eigenvalue weighted by Gasteiger charge is -2.13. The second-order valence-corrected chi connectivity index (χ2v) is 5.02. The number of amides is 1. The number of benzene rings is 1. The first-order valence-corrected chi connectivity index (χ1v) is 6.59. The zero-order valence-electron chi connectivity index (χ0n) is 11.0. The Kier molecular flexibility index (Phi) is 4.34. The van der Waals surface area contributed by atoms with E-state index >= 15 is 0 Å². The quantitative estimate of drug-likeness (QED) is 0.564. The molecule has 20 heavy (non-hydrogen) atoms. The van der Waals surface area contributed by atoms with Gasteiger partial charge in [0.25, 0.3) is 0 Å². The first-order chi connectivity index (χ1) is 9.51. The van der Waals surface area contributed by atoms with Crippen molar-refractivity contribution in [2.24, 2.45) is 0 Å². The van der Waals surface area contributed by atoms with Crippen molar-refractivity contribution in [1.82, 2.24) is 5.32 Å². The minimum absolute atomic E-state index is 0.0319. The van der Waals surface area contributed by atoms with Gasteiger partial charge >= 0.3 is 5.97 Å². The van der Waals surface area contributed by atoms with Crippen LogP contribution in [0.4, 0.5) is 11.4 Å². The van der Waals surface area contributed by atoms with Gasteiger partial charge in [-0.15, -0.1) is 0 Å². The molecule has 1 aromatic carbocycles. The van der Waals surface area contributed by atoms with Gasteiger partial charge in [-0.2, -0.15) is 0 Å². The second kappa shape index (κ2) is 6.00. The Morgan fingerprint density at radius 1 is 1.45 bits per heavy atom. The van der Waals surface area contributed by atoms with Gasteiger partial charge in [0.15, 0.2) is 0 Å². The molecule has 1 amide bonds. The monoisotopic (exact) mass is 297 g/mol. The highest BCUT2D eigenvalue weighted by molar-refractivity contribution is 6.34. The number of hydrogen-bond donors (Lipinski definition) is 3. The normalized spacial score (nSPS) is 13.7. The third kappa shape index (κ3) is 3.54. The van der Waals surface area contributed by atoms with E-state index in [0.717, 1.165) is 12.8 Å².